The number of oxazole rings is 1. The van der Waals surface area contributed by atoms with Crippen molar-refractivity contribution >= 4 is 11.7 Å². The van der Waals surface area contributed by atoms with Gasteiger partial charge in [0.2, 0.25) is 5.89 Å². The molecule has 0 aliphatic rings. The number of rotatable bonds is 4. The van der Waals surface area contributed by atoms with E-state index in [9.17, 15) is 13.6 Å². The fraction of sp³-hybridized carbons (Fsp3) is 0.0500. The van der Waals surface area contributed by atoms with Gasteiger partial charge in [-0.1, -0.05) is 6.07 Å². The predicted molar refractivity (Wildman–Crippen MR) is 99.8 cm³/mol. The highest BCUT2D eigenvalue weighted by atomic mass is 19.1. The van der Waals surface area contributed by atoms with Crippen LogP contribution in [0.2, 0.25) is 0 Å². The molecule has 1 N–H and O–H groups in total. The van der Waals surface area contributed by atoms with Crippen LogP contribution in [0.5, 0.6) is 0 Å². The van der Waals surface area contributed by atoms with Crippen LogP contribution in [0.1, 0.15) is 15.9 Å². The summed E-state index contributed by atoms with van der Waals surface area (Å²) in [5.74, 6) is -2.58. The molecule has 0 saturated carbocycles. The Kier molecular flexibility index (Phi) is 4.78. The zero-order valence-electron chi connectivity index (χ0n) is 15.1. The van der Waals surface area contributed by atoms with Gasteiger partial charge >= 0.3 is 0 Å². The molecule has 7 nitrogen and oxygen atoms in total. The molecule has 1 amide bonds. The van der Waals surface area contributed by atoms with Crippen LogP contribution in [-0.4, -0.2) is 25.8 Å². The van der Waals surface area contributed by atoms with Crippen LogP contribution in [0.4, 0.5) is 14.6 Å². The molecule has 144 valence electrons. The highest BCUT2D eigenvalue weighted by Gasteiger charge is 2.18. The Morgan fingerprint density at radius 1 is 1.03 bits per heavy atom. The van der Waals surface area contributed by atoms with E-state index in [1.807, 2.05) is 25.1 Å². The number of anilines is 1. The lowest BCUT2D eigenvalue weighted by atomic mass is 10.0. The van der Waals surface area contributed by atoms with Crippen LogP contribution in [-0.2, 0) is 0 Å². The van der Waals surface area contributed by atoms with E-state index in [-0.39, 0.29) is 5.82 Å². The molecule has 4 aromatic rings. The number of nitrogens with one attached hydrogen (secondary N) is 1. The molecule has 0 bridgehead atoms. The Balaban J connectivity index is 1.59. The van der Waals surface area contributed by atoms with Crippen LogP contribution < -0.4 is 5.32 Å². The normalized spacial score (nSPS) is 10.7. The first-order valence-corrected chi connectivity index (χ1v) is 8.46. The van der Waals surface area contributed by atoms with Crippen LogP contribution in [0.3, 0.4) is 0 Å². The van der Waals surface area contributed by atoms with Gasteiger partial charge in [-0.2, -0.15) is 0 Å². The largest absolute Gasteiger partial charge is 0.445 e. The molecule has 9 heteroatoms. The quantitative estimate of drug-likeness (QED) is 0.563. The number of aromatic nitrogens is 4. The van der Waals surface area contributed by atoms with Gasteiger partial charge in [0.1, 0.15) is 11.8 Å². The number of carbonyl (C=O) groups excluding carboxylic acids is 1. The minimum Gasteiger partial charge on any atom is -0.445 e. The van der Waals surface area contributed by atoms with E-state index in [1.165, 1.54) is 18.7 Å². The summed E-state index contributed by atoms with van der Waals surface area (Å²) in [6, 6.07) is 5.65. The summed E-state index contributed by atoms with van der Waals surface area (Å²) in [5, 5.41) is 2.32. The van der Waals surface area contributed by atoms with Crippen LogP contribution in [0.25, 0.3) is 22.7 Å². The van der Waals surface area contributed by atoms with Gasteiger partial charge < -0.3 is 9.73 Å². The van der Waals surface area contributed by atoms with Gasteiger partial charge in [0.25, 0.3) is 5.91 Å². The Labute approximate surface area is 163 Å². The molecule has 0 unspecified atom stereocenters. The first kappa shape index (κ1) is 18.4. The summed E-state index contributed by atoms with van der Waals surface area (Å²) in [7, 11) is 0. The Hall–Kier alpha value is -4.01. The smallest absolute Gasteiger partial charge is 0.262 e. The third-order valence-electron chi connectivity index (χ3n) is 4.17. The molecule has 3 aromatic heterocycles. The molecule has 0 atom stereocenters. The van der Waals surface area contributed by atoms with Gasteiger partial charge in [-0.05, 0) is 24.6 Å². The van der Waals surface area contributed by atoms with Crippen molar-refractivity contribution in [3.8, 4) is 22.7 Å². The van der Waals surface area contributed by atoms with Gasteiger partial charge in [0.05, 0.1) is 36.7 Å². The molecule has 4 rings (SSSR count). The molecule has 0 radical (unpaired) electrons. The molecular weight excluding hydrogens is 380 g/mol. The fourth-order valence-electron chi connectivity index (χ4n) is 2.74. The van der Waals surface area contributed by atoms with Crippen molar-refractivity contribution in [2.24, 2.45) is 0 Å². The van der Waals surface area contributed by atoms with Gasteiger partial charge in [-0.25, -0.2) is 18.7 Å². The second kappa shape index (κ2) is 7.55. The number of aryl methyl sites for hydroxylation is 1. The number of hydrogen-bond donors (Lipinski definition) is 1. The molecular formula is C20H13F2N5O2. The number of halogens is 2. The lowest BCUT2D eigenvalue weighted by Crippen LogP contribution is -2.17. The first-order valence-electron chi connectivity index (χ1n) is 8.46. The number of nitrogens with zero attached hydrogens (tertiary/aromatic N) is 4. The van der Waals surface area contributed by atoms with Gasteiger partial charge in [0, 0.05) is 11.1 Å². The van der Waals surface area contributed by atoms with Crippen molar-refractivity contribution in [1.82, 2.24) is 19.9 Å². The summed E-state index contributed by atoms with van der Waals surface area (Å²) in [4.78, 5) is 28.0. The SMILES string of the molecule is Cc1ccc(-c2ncco2)cc1-c1cnc(NC(=O)c2c(F)cncc2F)cn1. The first-order chi connectivity index (χ1) is 14.0. The van der Waals surface area contributed by atoms with Crippen LogP contribution >= 0.6 is 0 Å². The predicted octanol–water partition coefficient (Wildman–Crippen LogP) is 4.03. The highest BCUT2D eigenvalue weighted by molar-refractivity contribution is 6.04. The summed E-state index contributed by atoms with van der Waals surface area (Å²) in [6.07, 6.45) is 7.33. The van der Waals surface area contributed by atoms with Crippen molar-refractivity contribution in [3.05, 3.63) is 78.2 Å². The number of carbonyl (C=O) groups is 1. The maximum Gasteiger partial charge on any atom is 0.262 e. The number of benzene rings is 1. The van der Waals surface area contributed by atoms with Crippen LogP contribution in [0, 0.1) is 18.6 Å². The monoisotopic (exact) mass is 393 g/mol. The van der Waals surface area contributed by atoms with Crippen molar-refractivity contribution in [1.29, 1.82) is 0 Å². The molecule has 0 spiro atoms. The second-order valence-electron chi connectivity index (χ2n) is 6.09. The number of pyridine rings is 1. The average Bonchev–Trinajstić information content (AvgIpc) is 3.24. The van der Waals surface area contributed by atoms with Crippen molar-refractivity contribution < 1.29 is 18.0 Å². The van der Waals surface area contributed by atoms with E-state index in [0.29, 0.717) is 11.6 Å². The zero-order chi connectivity index (χ0) is 20.4. The fourth-order valence-corrected chi connectivity index (χ4v) is 2.74. The number of hydrogen-bond acceptors (Lipinski definition) is 6. The van der Waals surface area contributed by atoms with Gasteiger partial charge in [-0.3, -0.25) is 14.8 Å². The Morgan fingerprint density at radius 3 is 2.48 bits per heavy atom. The van der Waals surface area contributed by atoms with Crippen molar-refractivity contribution in [2.45, 2.75) is 6.92 Å². The lowest BCUT2D eigenvalue weighted by Gasteiger charge is -2.09. The van der Waals surface area contributed by atoms with E-state index >= 15 is 0 Å². The summed E-state index contributed by atoms with van der Waals surface area (Å²) >= 11 is 0. The van der Waals surface area contributed by atoms with Gasteiger partial charge in [-0.15, -0.1) is 0 Å². The lowest BCUT2D eigenvalue weighted by molar-refractivity contribution is 0.101. The third kappa shape index (κ3) is 3.70. The molecule has 3 heterocycles. The molecule has 0 aliphatic carbocycles. The third-order valence-corrected chi connectivity index (χ3v) is 4.17. The summed E-state index contributed by atoms with van der Waals surface area (Å²) in [5.41, 5.74) is 2.35. The topological polar surface area (TPSA) is 93.8 Å². The molecule has 0 fully saturated rings. The van der Waals surface area contributed by atoms with E-state index in [4.69, 9.17) is 4.42 Å². The molecule has 29 heavy (non-hydrogen) atoms. The Morgan fingerprint density at radius 2 is 1.83 bits per heavy atom. The maximum absolute atomic E-state index is 13.7. The van der Waals surface area contributed by atoms with Crippen LogP contribution in [0.15, 0.2) is 59.9 Å². The molecule has 0 aliphatic heterocycles. The summed E-state index contributed by atoms with van der Waals surface area (Å²) in [6.45, 7) is 1.92. The van der Waals surface area contributed by atoms with E-state index in [0.717, 1.165) is 29.1 Å². The standard InChI is InChI=1S/C20H13F2N5O2/c1-11-2-3-12(20-24-4-5-29-20)6-13(11)16-9-26-17(10-25-16)27-19(28)18-14(21)7-23-8-15(18)22/h2-10H,1H3,(H,26,27,28). The minimum atomic E-state index is -1.06. The van der Waals surface area contributed by atoms with E-state index < -0.39 is 23.1 Å². The number of amides is 1. The van der Waals surface area contributed by atoms with Crippen molar-refractivity contribution in [3.63, 3.8) is 0 Å². The highest BCUT2D eigenvalue weighted by Crippen LogP contribution is 2.27. The maximum atomic E-state index is 13.7. The van der Waals surface area contributed by atoms with Gasteiger partial charge in [0.15, 0.2) is 17.5 Å². The van der Waals surface area contributed by atoms with Crippen molar-refractivity contribution in [2.75, 3.05) is 5.32 Å². The molecule has 1 aromatic carbocycles. The zero-order valence-corrected chi connectivity index (χ0v) is 15.1. The Bertz CT molecular complexity index is 1160. The molecule has 0 saturated heterocycles. The van der Waals surface area contributed by atoms with E-state index in [1.54, 1.807) is 6.20 Å². The second-order valence-corrected chi connectivity index (χ2v) is 6.09. The minimum absolute atomic E-state index is 0.0517. The van der Waals surface area contributed by atoms with E-state index in [2.05, 4.69) is 25.3 Å². The average molecular weight is 393 g/mol. The summed E-state index contributed by atoms with van der Waals surface area (Å²) < 4.78 is 32.7.